The minimum absolute atomic E-state index is 0.0923. The summed E-state index contributed by atoms with van der Waals surface area (Å²) in [5.41, 5.74) is 5.36. The predicted octanol–water partition coefficient (Wildman–Crippen LogP) is 1.61. The molecule has 0 aliphatic heterocycles. The van der Waals surface area contributed by atoms with Gasteiger partial charge in [0.05, 0.1) is 12.7 Å². The fourth-order valence-electron chi connectivity index (χ4n) is 1.32. The van der Waals surface area contributed by atoms with E-state index in [9.17, 15) is 0 Å². The smallest absolute Gasteiger partial charge is 0.141 e. The number of benzene rings is 1. The molecule has 0 radical (unpaired) electrons. The van der Waals surface area contributed by atoms with E-state index in [4.69, 9.17) is 20.4 Å². The first kappa shape index (κ1) is 13.3. The van der Waals surface area contributed by atoms with Gasteiger partial charge in [-0.15, -0.1) is 0 Å². The Morgan fingerprint density at radius 2 is 2.06 bits per heavy atom. The zero-order valence-electron chi connectivity index (χ0n) is 9.87. The Hall–Kier alpha value is -1.75. The maximum absolute atomic E-state index is 8.39. The number of rotatable bonds is 7. The van der Waals surface area contributed by atoms with Crippen molar-refractivity contribution < 1.29 is 14.7 Å². The number of oxime groups is 1. The van der Waals surface area contributed by atoms with E-state index >= 15 is 0 Å². The summed E-state index contributed by atoms with van der Waals surface area (Å²) in [6.07, 6.45) is 0.312. The largest absolute Gasteiger partial charge is 0.491 e. The van der Waals surface area contributed by atoms with Crippen LogP contribution in [0.5, 0.6) is 5.75 Å². The van der Waals surface area contributed by atoms with Gasteiger partial charge in [0.2, 0.25) is 0 Å². The van der Waals surface area contributed by atoms with Crippen LogP contribution in [0.4, 0.5) is 0 Å². The minimum Gasteiger partial charge on any atom is -0.491 e. The molecule has 0 aromatic heterocycles. The molecule has 3 N–H and O–H groups in total. The number of nitrogens with zero attached hydrogens (tertiary/aromatic N) is 1. The number of nitrogens with two attached hydrogens (primary N) is 1. The molecule has 1 unspecified atom stereocenters. The summed E-state index contributed by atoms with van der Waals surface area (Å²) < 4.78 is 10.9. The number of hydrogen-bond acceptors (Lipinski definition) is 4. The molecule has 0 aliphatic rings. The predicted molar refractivity (Wildman–Crippen MR) is 65.4 cm³/mol. The molecule has 1 aromatic carbocycles. The van der Waals surface area contributed by atoms with Crippen molar-refractivity contribution in [1.82, 2.24) is 0 Å². The molecular weight excluding hydrogens is 220 g/mol. The second-order valence-corrected chi connectivity index (χ2v) is 3.64. The van der Waals surface area contributed by atoms with Crippen molar-refractivity contribution in [2.24, 2.45) is 10.9 Å². The maximum atomic E-state index is 8.39. The number of para-hydroxylation sites is 1. The molecule has 5 heteroatoms. The molecule has 1 aromatic rings. The molecule has 17 heavy (non-hydrogen) atoms. The van der Waals surface area contributed by atoms with E-state index in [0.717, 1.165) is 5.75 Å². The van der Waals surface area contributed by atoms with Gasteiger partial charge >= 0.3 is 0 Å². The van der Waals surface area contributed by atoms with E-state index in [1.807, 2.05) is 37.3 Å². The average molecular weight is 238 g/mol. The van der Waals surface area contributed by atoms with Crippen LogP contribution in [-0.4, -0.2) is 30.4 Å². The summed E-state index contributed by atoms with van der Waals surface area (Å²) in [5, 5.41) is 11.3. The molecule has 0 bridgehead atoms. The molecule has 0 amide bonds. The quantitative estimate of drug-likeness (QED) is 0.249. The van der Waals surface area contributed by atoms with Gasteiger partial charge in [-0.1, -0.05) is 23.4 Å². The van der Waals surface area contributed by atoms with Crippen LogP contribution < -0.4 is 10.5 Å². The van der Waals surface area contributed by atoms with Crippen LogP contribution >= 0.6 is 0 Å². The number of hydrogen-bond donors (Lipinski definition) is 2. The number of ether oxygens (including phenoxy) is 2. The van der Waals surface area contributed by atoms with Crippen molar-refractivity contribution >= 4 is 5.84 Å². The summed E-state index contributed by atoms with van der Waals surface area (Å²) in [6, 6.07) is 9.54. The highest BCUT2D eigenvalue weighted by Crippen LogP contribution is 2.08. The molecule has 0 heterocycles. The first-order chi connectivity index (χ1) is 8.22. The highest BCUT2D eigenvalue weighted by Gasteiger charge is 2.05. The van der Waals surface area contributed by atoms with Crippen molar-refractivity contribution in [3.63, 3.8) is 0 Å². The van der Waals surface area contributed by atoms with E-state index in [1.165, 1.54) is 0 Å². The second kappa shape index (κ2) is 7.51. The van der Waals surface area contributed by atoms with E-state index in [-0.39, 0.29) is 11.9 Å². The molecule has 1 atom stereocenters. The topological polar surface area (TPSA) is 77.1 Å². The van der Waals surface area contributed by atoms with Crippen LogP contribution in [0.15, 0.2) is 35.5 Å². The first-order valence-corrected chi connectivity index (χ1v) is 5.48. The molecule has 0 fully saturated rings. The summed E-state index contributed by atoms with van der Waals surface area (Å²) in [6.45, 7) is 2.81. The third-order valence-corrected chi connectivity index (χ3v) is 2.12. The summed E-state index contributed by atoms with van der Waals surface area (Å²) in [7, 11) is 0. The van der Waals surface area contributed by atoms with Crippen LogP contribution in [0, 0.1) is 0 Å². The molecule has 0 aliphatic carbocycles. The van der Waals surface area contributed by atoms with E-state index < -0.39 is 0 Å². The van der Waals surface area contributed by atoms with Gasteiger partial charge in [-0.05, 0) is 19.1 Å². The van der Waals surface area contributed by atoms with Crippen LogP contribution in [0.1, 0.15) is 13.3 Å². The lowest BCUT2D eigenvalue weighted by atomic mass is 10.3. The van der Waals surface area contributed by atoms with Crippen LogP contribution in [0.3, 0.4) is 0 Å². The van der Waals surface area contributed by atoms with Gasteiger partial charge in [0.25, 0.3) is 0 Å². The van der Waals surface area contributed by atoms with Gasteiger partial charge in [0.15, 0.2) is 0 Å². The molecule has 0 spiro atoms. The molecule has 0 saturated carbocycles. The Labute approximate surface area is 101 Å². The van der Waals surface area contributed by atoms with Gasteiger partial charge in [-0.25, -0.2) is 0 Å². The van der Waals surface area contributed by atoms with Crippen LogP contribution in [-0.2, 0) is 4.74 Å². The van der Waals surface area contributed by atoms with Gasteiger partial charge in [0, 0.05) is 6.42 Å². The minimum atomic E-state index is -0.0923. The fourth-order valence-corrected chi connectivity index (χ4v) is 1.32. The van der Waals surface area contributed by atoms with Gasteiger partial charge in [-0.3, -0.25) is 0 Å². The molecular formula is C12H18N2O3. The van der Waals surface area contributed by atoms with Crippen molar-refractivity contribution in [1.29, 1.82) is 0 Å². The van der Waals surface area contributed by atoms with Crippen molar-refractivity contribution in [3.05, 3.63) is 30.3 Å². The summed E-state index contributed by atoms with van der Waals surface area (Å²) in [4.78, 5) is 0. The van der Waals surface area contributed by atoms with E-state index in [1.54, 1.807) is 0 Å². The van der Waals surface area contributed by atoms with E-state index in [0.29, 0.717) is 19.6 Å². The zero-order chi connectivity index (χ0) is 12.5. The summed E-state index contributed by atoms with van der Waals surface area (Å²) in [5.74, 6) is 0.988. The highest BCUT2D eigenvalue weighted by molar-refractivity contribution is 5.79. The Morgan fingerprint density at radius 1 is 1.35 bits per heavy atom. The lowest BCUT2D eigenvalue weighted by Crippen LogP contribution is -2.22. The van der Waals surface area contributed by atoms with Crippen molar-refractivity contribution in [3.8, 4) is 5.75 Å². The van der Waals surface area contributed by atoms with Gasteiger partial charge in [-0.2, -0.15) is 0 Å². The Balaban J connectivity index is 2.12. The second-order valence-electron chi connectivity index (χ2n) is 3.64. The Bertz CT molecular complexity index is 341. The van der Waals surface area contributed by atoms with Gasteiger partial charge in [0.1, 0.15) is 18.2 Å². The SMILES string of the molecule is CC(CC(N)=NO)OCCOc1ccccc1. The van der Waals surface area contributed by atoms with Crippen molar-refractivity contribution in [2.45, 2.75) is 19.4 Å². The lowest BCUT2D eigenvalue weighted by molar-refractivity contribution is 0.0482. The summed E-state index contributed by atoms with van der Waals surface area (Å²) >= 11 is 0. The van der Waals surface area contributed by atoms with Crippen molar-refractivity contribution in [2.75, 3.05) is 13.2 Å². The molecule has 0 saturated heterocycles. The average Bonchev–Trinajstić information content (AvgIpc) is 2.36. The fraction of sp³-hybridized carbons (Fsp3) is 0.417. The number of amidine groups is 1. The van der Waals surface area contributed by atoms with Crippen LogP contribution in [0.25, 0.3) is 0 Å². The monoisotopic (exact) mass is 238 g/mol. The Kier molecular flexibility index (Phi) is 5.88. The molecule has 94 valence electrons. The standard InChI is InChI=1S/C12H18N2O3/c1-10(9-12(13)14-15)16-7-8-17-11-5-3-2-4-6-11/h2-6,10,15H,7-9H2,1H3,(H2,13,14). The maximum Gasteiger partial charge on any atom is 0.141 e. The third kappa shape index (κ3) is 5.77. The normalized spacial score (nSPS) is 13.4. The third-order valence-electron chi connectivity index (χ3n) is 2.12. The molecule has 1 rings (SSSR count). The first-order valence-electron chi connectivity index (χ1n) is 5.48. The zero-order valence-corrected chi connectivity index (χ0v) is 9.87. The Morgan fingerprint density at radius 3 is 2.71 bits per heavy atom. The molecule has 5 nitrogen and oxygen atoms in total. The lowest BCUT2D eigenvalue weighted by Gasteiger charge is -2.12. The van der Waals surface area contributed by atoms with Crippen LogP contribution in [0.2, 0.25) is 0 Å². The van der Waals surface area contributed by atoms with Gasteiger partial charge < -0.3 is 20.4 Å². The highest BCUT2D eigenvalue weighted by atomic mass is 16.5. The van der Waals surface area contributed by atoms with E-state index in [2.05, 4.69) is 5.16 Å².